The first-order chi connectivity index (χ1) is 20.1. The highest BCUT2D eigenvalue weighted by atomic mass is 32.2. The van der Waals surface area contributed by atoms with Crippen LogP contribution in [0.4, 0.5) is 11.8 Å². The molecule has 0 unspecified atom stereocenters. The van der Waals surface area contributed by atoms with E-state index >= 15 is 0 Å². The van der Waals surface area contributed by atoms with Crippen molar-refractivity contribution in [3.63, 3.8) is 0 Å². The van der Waals surface area contributed by atoms with Crippen LogP contribution in [0.2, 0.25) is 0 Å². The minimum Gasteiger partial charge on any atom is -0.371 e. The Bertz CT molecular complexity index is 1350. The average molecular weight is 657 g/mol. The van der Waals surface area contributed by atoms with Crippen molar-refractivity contribution in [3.8, 4) is 12.3 Å². The molecule has 0 saturated carbocycles. The molecule has 1 aliphatic heterocycles. The Morgan fingerprint density at radius 1 is 1.12 bits per heavy atom. The number of fused-ring (bicyclic) bond motifs is 1. The summed E-state index contributed by atoms with van der Waals surface area (Å²) in [6, 6.07) is 0. The fraction of sp³-hybridized carbons (Fsp3) is 0.667. The van der Waals surface area contributed by atoms with E-state index in [9.17, 15) is 14.2 Å². The van der Waals surface area contributed by atoms with Crippen LogP contribution in [0.3, 0.4) is 0 Å². The van der Waals surface area contributed by atoms with E-state index in [1.54, 1.807) is 17.9 Å². The summed E-state index contributed by atoms with van der Waals surface area (Å²) in [4.78, 5) is 37.4. The van der Waals surface area contributed by atoms with Gasteiger partial charge < -0.3 is 15.8 Å². The number of aromatic nitrogens is 4. The average Bonchev–Trinajstić information content (AvgIpc) is 3.54. The minimum atomic E-state index is -4.08. The SMILES string of the molecule is C#C[C@H]1C[C@@H](COP(=O)(OCCSC(=O)C(C)(C)C)OCCSC(=O)C(C)(C)C)O[C@H]1n1cnc2c(NC)nc(N)nc21. The molecular weight excluding hydrogens is 615 g/mol. The van der Waals surface area contributed by atoms with Gasteiger partial charge in [0.2, 0.25) is 5.95 Å². The number of carbonyl (C=O) groups excluding carboxylic acids is 2. The van der Waals surface area contributed by atoms with Crippen LogP contribution in [0.1, 0.15) is 54.2 Å². The third-order valence-electron chi connectivity index (χ3n) is 6.13. The molecule has 13 nitrogen and oxygen atoms in total. The maximum atomic E-state index is 13.6. The van der Waals surface area contributed by atoms with Crippen LogP contribution in [0, 0.1) is 29.1 Å². The second-order valence-electron chi connectivity index (χ2n) is 11.8. The number of nitrogen functional groups attached to an aromatic ring is 1. The molecular formula is C27H41N6O7PS2. The first-order valence-electron chi connectivity index (χ1n) is 13.8. The molecule has 3 atom stereocenters. The molecule has 0 amide bonds. The minimum absolute atomic E-state index is 0.0172. The molecule has 0 aliphatic carbocycles. The highest BCUT2D eigenvalue weighted by molar-refractivity contribution is 8.14. The largest absolute Gasteiger partial charge is 0.474 e. The van der Waals surface area contributed by atoms with E-state index in [0.717, 1.165) is 23.5 Å². The van der Waals surface area contributed by atoms with Crippen LogP contribution in [0.5, 0.6) is 0 Å². The third kappa shape index (κ3) is 9.65. The third-order valence-corrected chi connectivity index (χ3v) is 10.1. The molecule has 3 heterocycles. The lowest BCUT2D eigenvalue weighted by Crippen LogP contribution is -2.19. The van der Waals surface area contributed by atoms with Gasteiger partial charge in [-0.05, 0) is 6.42 Å². The molecule has 0 bridgehead atoms. The quantitative estimate of drug-likeness (QED) is 0.172. The topological polar surface area (TPSA) is 170 Å². The number of nitrogens with one attached hydrogen (secondary N) is 1. The standard InChI is InChI=1S/C27H41N6O7PS2/c1-9-17-14-18(40-22(17)33-16-30-19-20(29-8)31-25(28)32-21(19)33)15-39-41(36,37-10-12-42-23(34)26(2,3)4)38-11-13-43-24(35)27(5,6)7/h1,16-18,22H,10-15H2,2-8H3,(H3,28,29,31,32)/t17-,18-,22+/m0/s1. The lowest BCUT2D eigenvalue weighted by atomic mass is 9.99. The second-order valence-corrected chi connectivity index (χ2v) is 15.6. The van der Waals surface area contributed by atoms with E-state index in [-0.39, 0.29) is 53.4 Å². The van der Waals surface area contributed by atoms with Crippen molar-refractivity contribution >= 4 is 64.5 Å². The first kappa shape index (κ1) is 35.3. The predicted octanol–water partition coefficient (Wildman–Crippen LogP) is 4.76. The number of phosphoric ester groups is 1. The molecule has 0 spiro atoms. The van der Waals surface area contributed by atoms with Gasteiger partial charge in [0.05, 0.1) is 38.2 Å². The van der Waals surface area contributed by atoms with Crippen LogP contribution < -0.4 is 11.1 Å². The Morgan fingerprint density at radius 2 is 1.70 bits per heavy atom. The number of ether oxygens (including phenoxy) is 1. The van der Waals surface area contributed by atoms with E-state index in [4.69, 9.17) is 30.5 Å². The van der Waals surface area contributed by atoms with Crippen molar-refractivity contribution < 1.29 is 32.5 Å². The van der Waals surface area contributed by atoms with Gasteiger partial charge in [-0.2, -0.15) is 9.97 Å². The number of hydrogen-bond acceptors (Lipinski definition) is 14. The van der Waals surface area contributed by atoms with Crippen molar-refractivity contribution in [1.29, 1.82) is 0 Å². The molecule has 16 heteroatoms. The summed E-state index contributed by atoms with van der Waals surface area (Å²) in [5.41, 5.74) is 5.81. The molecule has 43 heavy (non-hydrogen) atoms. The van der Waals surface area contributed by atoms with Crippen LogP contribution >= 0.6 is 31.3 Å². The summed E-state index contributed by atoms with van der Waals surface area (Å²) in [6.45, 7) is 10.7. The van der Waals surface area contributed by atoms with Crippen LogP contribution in [-0.4, -0.2) is 74.2 Å². The van der Waals surface area contributed by atoms with Gasteiger partial charge in [0.25, 0.3) is 0 Å². The van der Waals surface area contributed by atoms with Crippen molar-refractivity contribution in [1.82, 2.24) is 19.5 Å². The lowest BCUT2D eigenvalue weighted by Gasteiger charge is -2.21. The maximum Gasteiger partial charge on any atom is 0.474 e. The van der Waals surface area contributed by atoms with Gasteiger partial charge in [-0.15, -0.1) is 6.42 Å². The number of imidazole rings is 1. The Hall–Kier alpha value is -2.18. The highest BCUT2D eigenvalue weighted by Gasteiger charge is 2.39. The fourth-order valence-corrected chi connectivity index (χ4v) is 6.86. The molecule has 1 aliphatic rings. The number of phosphoric acid groups is 1. The number of terminal acetylenes is 1. The molecule has 3 N–H and O–H groups in total. The predicted molar refractivity (Wildman–Crippen MR) is 169 cm³/mol. The number of carbonyl (C=O) groups is 2. The van der Waals surface area contributed by atoms with Gasteiger partial charge in [0.1, 0.15) is 0 Å². The number of nitrogens with zero attached hydrogens (tertiary/aromatic N) is 4. The van der Waals surface area contributed by atoms with E-state index < -0.39 is 31.0 Å². The smallest absolute Gasteiger partial charge is 0.371 e. The van der Waals surface area contributed by atoms with Crippen molar-refractivity contribution in [2.45, 2.75) is 60.3 Å². The van der Waals surface area contributed by atoms with Gasteiger partial charge in [-0.1, -0.05) is 71.0 Å². The molecule has 238 valence electrons. The first-order valence-corrected chi connectivity index (χ1v) is 17.2. The summed E-state index contributed by atoms with van der Waals surface area (Å²) in [5, 5.41) is 2.91. The summed E-state index contributed by atoms with van der Waals surface area (Å²) in [5.74, 6) is 3.43. The second kappa shape index (κ2) is 14.7. The van der Waals surface area contributed by atoms with E-state index in [0.29, 0.717) is 23.4 Å². The van der Waals surface area contributed by atoms with Crippen LogP contribution in [0.15, 0.2) is 6.33 Å². The van der Waals surface area contributed by atoms with Gasteiger partial charge in [-0.3, -0.25) is 27.7 Å². The number of anilines is 2. The molecule has 2 aromatic rings. The summed E-state index contributed by atoms with van der Waals surface area (Å²) < 4.78 is 38.4. The Kier molecular flexibility index (Phi) is 12.1. The lowest BCUT2D eigenvalue weighted by molar-refractivity contribution is -0.118. The monoisotopic (exact) mass is 656 g/mol. The summed E-state index contributed by atoms with van der Waals surface area (Å²) in [6.07, 6.45) is 6.60. The molecule has 3 rings (SSSR count). The Balaban J connectivity index is 1.67. The molecule has 1 saturated heterocycles. The van der Waals surface area contributed by atoms with E-state index in [1.807, 2.05) is 41.5 Å². The molecule has 1 fully saturated rings. The zero-order valence-corrected chi connectivity index (χ0v) is 28.1. The normalized spacial score (nSPS) is 19.4. The number of hydrogen-bond donors (Lipinski definition) is 2. The molecule has 0 radical (unpaired) electrons. The summed E-state index contributed by atoms with van der Waals surface area (Å²) in [7, 11) is -2.38. The van der Waals surface area contributed by atoms with Gasteiger partial charge in [0, 0.05) is 29.4 Å². The maximum absolute atomic E-state index is 13.6. The van der Waals surface area contributed by atoms with Crippen molar-refractivity contribution in [2.24, 2.45) is 16.7 Å². The summed E-state index contributed by atoms with van der Waals surface area (Å²) >= 11 is 2.17. The zero-order chi connectivity index (χ0) is 32.0. The fourth-order valence-electron chi connectivity index (χ4n) is 3.84. The van der Waals surface area contributed by atoms with Gasteiger partial charge in [-0.25, -0.2) is 9.55 Å². The van der Waals surface area contributed by atoms with Gasteiger partial charge in [0.15, 0.2) is 33.4 Å². The molecule has 0 aromatic carbocycles. The number of rotatable bonds is 13. The van der Waals surface area contributed by atoms with E-state index in [2.05, 4.69) is 26.2 Å². The Labute approximate surface area is 261 Å². The van der Waals surface area contributed by atoms with Crippen molar-refractivity contribution in [2.75, 3.05) is 49.4 Å². The number of thioether (sulfide) groups is 2. The zero-order valence-electron chi connectivity index (χ0n) is 25.6. The van der Waals surface area contributed by atoms with Crippen LogP contribution in [0.25, 0.3) is 11.2 Å². The van der Waals surface area contributed by atoms with Crippen LogP contribution in [-0.2, 0) is 32.5 Å². The molecule has 2 aromatic heterocycles. The number of nitrogens with two attached hydrogens (primary N) is 1. The van der Waals surface area contributed by atoms with Gasteiger partial charge >= 0.3 is 7.82 Å². The highest BCUT2D eigenvalue weighted by Crippen LogP contribution is 2.50. The van der Waals surface area contributed by atoms with E-state index in [1.165, 1.54) is 0 Å². The van der Waals surface area contributed by atoms with Crippen molar-refractivity contribution in [3.05, 3.63) is 6.33 Å². The Morgan fingerprint density at radius 3 is 2.21 bits per heavy atom.